The Balaban J connectivity index is 1.83. The number of nitrogens with one attached hydrogen (secondary N) is 2. The first kappa shape index (κ1) is 21.6. The highest BCUT2D eigenvalue weighted by Crippen LogP contribution is 2.24. The summed E-state index contributed by atoms with van der Waals surface area (Å²) in [4.78, 5) is 39.6. The number of carbonyl (C=O) groups is 3. The molecule has 0 aromatic heterocycles. The third-order valence-corrected chi connectivity index (χ3v) is 4.94. The summed E-state index contributed by atoms with van der Waals surface area (Å²) in [5.74, 6) is -2.19. The fourth-order valence-corrected chi connectivity index (χ4v) is 3.16. The van der Waals surface area contributed by atoms with Crippen molar-refractivity contribution in [2.24, 2.45) is 0 Å². The van der Waals surface area contributed by atoms with Crippen molar-refractivity contribution >= 4 is 34.8 Å². The first-order valence-corrected chi connectivity index (χ1v) is 9.72. The van der Waals surface area contributed by atoms with Crippen LogP contribution in [-0.2, 0) is 9.59 Å². The topological polar surface area (TPSA) is 105 Å². The SMILES string of the molecule is CNC(=O)C(C(=O)N(C)c1ccccc1)c1ccc(C(=O)Nc2ccccc2N)cc1. The van der Waals surface area contributed by atoms with Crippen molar-refractivity contribution in [3.05, 3.63) is 90.0 Å². The van der Waals surface area contributed by atoms with Crippen molar-refractivity contribution in [3.8, 4) is 0 Å². The van der Waals surface area contributed by atoms with Crippen LogP contribution in [0, 0.1) is 0 Å². The lowest BCUT2D eigenvalue weighted by Crippen LogP contribution is -2.39. The Kier molecular flexibility index (Phi) is 6.67. The number of likely N-dealkylation sites (N-methyl/N-ethyl adjacent to an activating group) is 2. The van der Waals surface area contributed by atoms with Crippen LogP contribution in [0.15, 0.2) is 78.9 Å². The van der Waals surface area contributed by atoms with Crippen LogP contribution in [0.1, 0.15) is 21.8 Å². The fraction of sp³-hybridized carbons (Fsp3) is 0.125. The third kappa shape index (κ3) is 4.90. The maximum absolute atomic E-state index is 13.1. The molecule has 3 amide bonds. The molecule has 0 fully saturated rings. The molecule has 0 aliphatic carbocycles. The predicted octanol–water partition coefficient (Wildman–Crippen LogP) is 3.01. The molecule has 0 radical (unpaired) electrons. The van der Waals surface area contributed by atoms with E-state index >= 15 is 0 Å². The van der Waals surface area contributed by atoms with Crippen molar-refractivity contribution < 1.29 is 14.4 Å². The summed E-state index contributed by atoms with van der Waals surface area (Å²) in [5.41, 5.74) is 8.39. The number of benzene rings is 3. The molecule has 7 heteroatoms. The molecule has 0 heterocycles. The highest BCUT2D eigenvalue weighted by atomic mass is 16.2. The number of anilines is 3. The second kappa shape index (κ2) is 9.58. The minimum absolute atomic E-state index is 0.339. The molecule has 1 unspecified atom stereocenters. The lowest BCUT2D eigenvalue weighted by molar-refractivity contribution is -0.129. The van der Waals surface area contributed by atoms with Gasteiger partial charge in [-0.2, -0.15) is 0 Å². The van der Waals surface area contributed by atoms with Gasteiger partial charge in [0.1, 0.15) is 5.92 Å². The van der Waals surface area contributed by atoms with E-state index in [4.69, 9.17) is 5.73 Å². The highest BCUT2D eigenvalue weighted by molar-refractivity contribution is 6.12. The number of hydrogen-bond acceptors (Lipinski definition) is 4. The Hall–Kier alpha value is -4.13. The van der Waals surface area contributed by atoms with E-state index in [2.05, 4.69) is 10.6 Å². The number of nitrogens with two attached hydrogens (primary N) is 1. The lowest BCUT2D eigenvalue weighted by atomic mass is 9.95. The van der Waals surface area contributed by atoms with Gasteiger partial charge in [0.2, 0.25) is 11.8 Å². The van der Waals surface area contributed by atoms with Crippen LogP contribution >= 0.6 is 0 Å². The summed E-state index contributed by atoms with van der Waals surface area (Å²) in [7, 11) is 3.11. The summed E-state index contributed by atoms with van der Waals surface area (Å²) < 4.78 is 0. The van der Waals surface area contributed by atoms with Gasteiger partial charge in [-0.05, 0) is 42.0 Å². The smallest absolute Gasteiger partial charge is 0.255 e. The molecule has 0 spiro atoms. The van der Waals surface area contributed by atoms with E-state index in [1.54, 1.807) is 67.7 Å². The standard InChI is InChI=1S/C24H24N4O3/c1-26-23(30)21(24(31)28(2)18-8-4-3-5-9-18)16-12-14-17(15-13-16)22(29)27-20-11-7-6-10-19(20)25/h3-15,21H,25H2,1-2H3,(H,26,30)(H,27,29). The third-order valence-electron chi connectivity index (χ3n) is 4.94. The van der Waals surface area contributed by atoms with E-state index in [1.807, 2.05) is 18.2 Å². The Labute approximate surface area is 180 Å². The average molecular weight is 416 g/mol. The fourth-order valence-electron chi connectivity index (χ4n) is 3.16. The summed E-state index contributed by atoms with van der Waals surface area (Å²) >= 11 is 0. The maximum atomic E-state index is 13.1. The number of carbonyl (C=O) groups excluding carboxylic acids is 3. The van der Waals surface area contributed by atoms with Gasteiger partial charge in [0.25, 0.3) is 5.91 Å². The Morgan fingerprint density at radius 3 is 2.10 bits per heavy atom. The molecule has 1 atom stereocenters. The van der Waals surface area contributed by atoms with Crippen LogP contribution in [0.2, 0.25) is 0 Å². The zero-order valence-corrected chi connectivity index (χ0v) is 17.3. The molecule has 4 N–H and O–H groups in total. The molecular formula is C24H24N4O3. The van der Waals surface area contributed by atoms with Gasteiger partial charge in [0.05, 0.1) is 11.4 Å². The van der Waals surface area contributed by atoms with E-state index in [-0.39, 0.29) is 11.8 Å². The number of amides is 3. The molecule has 0 bridgehead atoms. The maximum Gasteiger partial charge on any atom is 0.255 e. The second-order valence-corrected chi connectivity index (χ2v) is 6.94. The number of rotatable bonds is 6. The molecular weight excluding hydrogens is 392 g/mol. The summed E-state index contributed by atoms with van der Waals surface area (Å²) in [6.45, 7) is 0. The number of hydrogen-bond donors (Lipinski definition) is 3. The van der Waals surface area contributed by atoms with Gasteiger partial charge in [0.15, 0.2) is 0 Å². The van der Waals surface area contributed by atoms with Crippen molar-refractivity contribution in [2.45, 2.75) is 5.92 Å². The summed E-state index contributed by atoms with van der Waals surface area (Å²) in [6.07, 6.45) is 0. The minimum Gasteiger partial charge on any atom is -0.397 e. The van der Waals surface area contributed by atoms with Crippen LogP contribution in [0.25, 0.3) is 0 Å². The van der Waals surface area contributed by atoms with Gasteiger partial charge in [-0.15, -0.1) is 0 Å². The van der Waals surface area contributed by atoms with Crippen molar-refractivity contribution in [1.82, 2.24) is 5.32 Å². The van der Waals surface area contributed by atoms with Crippen LogP contribution < -0.4 is 21.3 Å². The van der Waals surface area contributed by atoms with Gasteiger partial charge in [-0.3, -0.25) is 14.4 Å². The van der Waals surface area contributed by atoms with E-state index in [9.17, 15) is 14.4 Å². The van der Waals surface area contributed by atoms with Crippen LogP contribution in [0.3, 0.4) is 0 Å². The molecule has 0 saturated carbocycles. The number of nitrogen functional groups attached to an aromatic ring is 1. The van der Waals surface area contributed by atoms with E-state index in [1.165, 1.54) is 11.9 Å². The second-order valence-electron chi connectivity index (χ2n) is 6.94. The predicted molar refractivity (Wildman–Crippen MR) is 122 cm³/mol. The first-order valence-electron chi connectivity index (χ1n) is 9.72. The van der Waals surface area contributed by atoms with Crippen LogP contribution in [0.5, 0.6) is 0 Å². The monoisotopic (exact) mass is 416 g/mol. The van der Waals surface area contributed by atoms with E-state index in [0.29, 0.717) is 28.2 Å². The first-order chi connectivity index (χ1) is 14.9. The summed E-state index contributed by atoms with van der Waals surface area (Å²) in [5, 5.41) is 5.30. The van der Waals surface area contributed by atoms with Gasteiger partial charge < -0.3 is 21.3 Å². The molecule has 3 rings (SSSR count). The molecule has 0 saturated heterocycles. The quantitative estimate of drug-likeness (QED) is 0.424. The number of nitrogens with zero attached hydrogens (tertiary/aromatic N) is 1. The van der Waals surface area contributed by atoms with Crippen LogP contribution in [-0.4, -0.2) is 31.8 Å². The highest BCUT2D eigenvalue weighted by Gasteiger charge is 2.31. The minimum atomic E-state index is -1.04. The normalized spacial score (nSPS) is 11.3. The van der Waals surface area contributed by atoms with Gasteiger partial charge in [-0.25, -0.2) is 0 Å². The zero-order valence-electron chi connectivity index (χ0n) is 17.3. The van der Waals surface area contributed by atoms with Gasteiger partial charge in [0, 0.05) is 25.3 Å². The lowest BCUT2D eigenvalue weighted by Gasteiger charge is -2.23. The molecule has 0 aliphatic heterocycles. The molecule has 3 aromatic rings. The van der Waals surface area contributed by atoms with Crippen molar-refractivity contribution in [1.29, 1.82) is 0 Å². The Morgan fingerprint density at radius 2 is 1.48 bits per heavy atom. The number of para-hydroxylation sites is 3. The molecule has 158 valence electrons. The zero-order chi connectivity index (χ0) is 22.4. The van der Waals surface area contributed by atoms with E-state index < -0.39 is 11.8 Å². The molecule has 0 aliphatic rings. The van der Waals surface area contributed by atoms with Crippen LogP contribution in [0.4, 0.5) is 17.1 Å². The van der Waals surface area contributed by atoms with Gasteiger partial charge >= 0.3 is 0 Å². The van der Waals surface area contributed by atoms with E-state index in [0.717, 1.165) is 0 Å². The largest absolute Gasteiger partial charge is 0.397 e. The van der Waals surface area contributed by atoms with Crippen molar-refractivity contribution in [3.63, 3.8) is 0 Å². The molecule has 31 heavy (non-hydrogen) atoms. The Bertz CT molecular complexity index is 1080. The Morgan fingerprint density at radius 1 is 0.871 bits per heavy atom. The summed E-state index contributed by atoms with van der Waals surface area (Å²) in [6, 6.07) is 22.4. The average Bonchev–Trinajstić information content (AvgIpc) is 2.81. The molecule has 3 aromatic carbocycles. The molecule has 7 nitrogen and oxygen atoms in total. The van der Waals surface area contributed by atoms with Crippen molar-refractivity contribution in [2.75, 3.05) is 30.0 Å². The van der Waals surface area contributed by atoms with Gasteiger partial charge in [-0.1, -0.05) is 42.5 Å².